The van der Waals surface area contributed by atoms with Gasteiger partial charge < -0.3 is 14.4 Å². The van der Waals surface area contributed by atoms with Gasteiger partial charge in [0, 0.05) is 38.8 Å². The molecule has 1 atom stereocenters. The number of benzene rings is 3. The zero-order valence-electron chi connectivity index (χ0n) is 22.3. The van der Waals surface area contributed by atoms with Crippen LogP contribution in [0.2, 0.25) is 0 Å². The average molecular weight is 550 g/mol. The molecule has 0 bridgehead atoms. The van der Waals surface area contributed by atoms with Crippen molar-refractivity contribution in [1.82, 2.24) is 14.5 Å². The molecule has 3 aromatic carbocycles. The van der Waals surface area contributed by atoms with Crippen LogP contribution in [0, 0.1) is 0 Å². The van der Waals surface area contributed by atoms with Gasteiger partial charge in [0.15, 0.2) is 11.5 Å². The van der Waals surface area contributed by atoms with Crippen LogP contribution in [0.15, 0.2) is 89.8 Å². The number of nitrogens with zero attached hydrogens (tertiary/aromatic N) is 2. The van der Waals surface area contributed by atoms with Crippen LogP contribution in [-0.2, 0) is 21.2 Å². The third kappa shape index (κ3) is 7.69. The number of hydrogen-bond acceptors (Lipinski definition) is 6. The van der Waals surface area contributed by atoms with E-state index in [0.717, 1.165) is 17.7 Å². The highest BCUT2D eigenvalue weighted by Gasteiger charge is 2.31. The van der Waals surface area contributed by atoms with Crippen molar-refractivity contribution >= 4 is 22.0 Å². The van der Waals surface area contributed by atoms with Gasteiger partial charge in [-0.15, -0.1) is 0 Å². The molecule has 4 rings (SSSR count). The highest BCUT2D eigenvalue weighted by molar-refractivity contribution is 7.89. The second kappa shape index (κ2) is 13.4. The number of carbonyl (C=O) groups is 1. The smallest absolute Gasteiger partial charge is 0.241 e. The minimum absolute atomic E-state index is 0.000958. The summed E-state index contributed by atoms with van der Waals surface area (Å²) in [4.78, 5) is 17.7. The van der Waals surface area contributed by atoms with Gasteiger partial charge in [0.1, 0.15) is 6.04 Å². The normalized spacial score (nSPS) is 15.3. The molecule has 1 saturated heterocycles. The van der Waals surface area contributed by atoms with Gasteiger partial charge in [0.2, 0.25) is 15.9 Å². The fourth-order valence-corrected chi connectivity index (χ4v) is 5.75. The van der Waals surface area contributed by atoms with E-state index in [4.69, 9.17) is 9.47 Å². The lowest BCUT2D eigenvalue weighted by atomic mass is 10.1. The highest BCUT2D eigenvalue weighted by atomic mass is 32.2. The number of sulfonamides is 1. The number of hydrogen-bond donors (Lipinski definition) is 1. The van der Waals surface area contributed by atoms with Crippen LogP contribution in [0.1, 0.15) is 11.1 Å². The minimum Gasteiger partial charge on any atom is -0.493 e. The molecule has 39 heavy (non-hydrogen) atoms. The Hall–Kier alpha value is -3.66. The summed E-state index contributed by atoms with van der Waals surface area (Å²) in [5, 5.41) is 0. The average Bonchev–Trinajstić information content (AvgIpc) is 2.97. The van der Waals surface area contributed by atoms with Crippen molar-refractivity contribution < 1.29 is 22.7 Å². The van der Waals surface area contributed by atoms with E-state index in [-0.39, 0.29) is 17.2 Å². The number of piperazine rings is 1. The SMILES string of the molecule is COc1ccc(S(=O)(=O)N[C@@H](Cc2ccccc2)C(=O)N2CCN(C/C=C/c3ccccc3)CC2)cc1OC. The second-order valence-corrected chi connectivity index (χ2v) is 11.0. The number of rotatable bonds is 11. The molecule has 3 aromatic rings. The van der Waals surface area contributed by atoms with Crippen LogP contribution in [0.5, 0.6) is 11.5 Å². The summed E-state index contributed by atoms with van der Waals surface area (Å²) in [5.41, 5.74) is 2.02. The molecular weight excluding hydrogens is 514 g/mol. The van der Waals surface area contributed by atoms with Crippen molar-refractivity contribution in [3.8, 4) is 11.5 Å². The maximum atomic E-state index is 13.7. The van der Waals surface area contributed by atoms with Gasteiger partial charge in [-0.1, -0.05) is 72.8 Å². The predicted molar refractivity (Wildman–Crippen MR) is 152 cm³/mol. The molecule has 1 N–H and O–H groups in total. The summed E-state index contributed by atoms with van der Waals surface area (Å²) in [5.74, 6) is 0.482. The largest absolute Gasteiger partial charge is 0.493 e. The molecule has 0 saturated carbocycles. The van der Waals surface area contributed by atoms with Crippen LogP contribution >= 0.6 is 0 Å². The highest BCUT2D eigenvalue weighted by Crippen LogP contribution is 2.29. The molecule has 8 nitrogen and oxygen atoms in total. The van der Waals surface area contributed by atoms with Gasteiger partial charge in [0.05, 0.1) is 19.1 Å². The number of amides is 1. The van der Waals surface area contributed by atoms with E-state index in [2.05, 4.69) is 33.9 Å². The van der Waals surface area contributed by atoms with Gasteiger partial charge in [-0.05, 0) is 29.7 Å². The molecule has 0 aromatic heterocycles. The van der Waals surface area contributed by atoms with Crippen LogP contribution in [0.25, 0.3) is 6.08 Å². The topological polar surface area (TPSA) is 88.2 Å². The summed E-state index contributed by atoms with van der Waals surface area (Å²) in [6.45, 7) is 3.27. The lowest BCUT2D eigenvalue weighted by Crippen LogP contribution is -2.55. The summed E-state index contributed by atoms with van der Waals surface area (Å²) >= 11 is 0. The molecule has 0 unspecified atom stereocenters. The molecule has 0 radical (unpaired) electrons. The van der Waals surface area contributed by atoms with E-state index in [1.54, 1.807) is 4.90 Å². The van der Waals surface area contributed by atoms with Gasteiger partial charge in [-0.2, -0.15) is 4.72 Å². The molecule has 1 fully saturated rings. The Morgan fingerprint density at radius 3 is 2.18 bits per heavy atom. The van der Waals surface area contributed by atoms with Gasteiger partial charge in [-0.3, -0.25) is 9.69 Å². The molecule has 9 heteroatoms. The Kier molecular flexibility index (Phi) is 9.75. The summed E-state index contributed by atoms with van der Waals surface area (Å²) in [6, 6.07) is 23.0. The molecule has 1 aliphatic heterocycles. The maximum absolute atomic E-state index is 13.7. The standard InChI is InChI=1S/C30H35N3O5S/c1-37-28-16-15-26(23-29(28)38-2)39(35,36)31-27(22-25-12-7-4-8-13-25)30(34)33-20-18-32(19-21-33)17-9-14-24-10-5-3-6-11-24/h3-16,23,27,31H,17-22H2,1-2H3/b14-9+/t27-/m0/s1. The Bertz CT molecular complexity index is 1360. The zero-order valence-corrected chi connectivity index (χ0v) is 23.1. The lowest BCUT2D eigenvalue weighted by molar-refractivity contribution is -0.134. The molecule has 1 aliphatic rings. The van der Waals surface area contributed by atoms with E-state index < -0.39 is 16.1 Å². The van der Waals surface area contributed by atoms with Gasteiger partial charge in [0.25, 0.3) is 0 Å². The quantitative estimate of drug-likeness (QED) is 0.394. The first-order valence-electron chi connectivity index (χ1n) is 12.9. The number of methoxy groups -OCH3 is 2. The first-order valence-corrected chi connectivity index (χ1v) is 14.4. The minimum atomic E-state index is -4.02. The third-order valence-electron chi connectivity index (χ3n) is 6.70. The van der Waals surface area contributed by atoms with Crippen molar-refractivity contribution in [3.05, 3.63) is 96.1 Å². The Labute approximate surface area is 230 Å². The molecule has 1 heterocycles. The van der Waals surface area contributed by atoms with Gasteiger partial charge in [-0.25, -0.2) is 8.42 Å². The Morgan fingerprint density at radius 2 is 1.54 bits per heavy atom. The van der Waals surface area contributed by atoms with Crippen molar-refractivity contribution in [3.63, 3.8) is 0 Å². The third-order valence-corrected chi connectivity index (χ3v) is 8.17. The summed E-state index contributed by atoms with van der Waals surface area (Å²) in [6.07, 6.45) is 4.46. The second-order valence-electron chi connectivity index (χ2n) is 9.32. The van der Waals surface area contributed by atoms with Crippen LogP contribution in [0.3, 0.4) is 0 Å². The fraction of sp³-hybridized carbons (Fsp3) is 0.300. The Balaban J connectivity index is 1.45. The molecule has 0 spiro atoms. The maximum Gasteiger partial charge on any atom is 0.241 e. The van der Waals surface area contributed by atoms with Crippen LogP contribution in [0.4, 0.5) is 0 Å². The first-order chi connectivity index (χ1) is 18.9. The monoisotopic (exact) mass is 549 g/mol. The predicted octanol–water partition coefficient (Wildman–Crippen LogP) is 3.45. The zero-order chi connectivity index (χ0) is 27.7. The number of nitrogens with one attached hydrogen (secondary N) is 1. The van der Waals surface area contributed by atoms with Crippen molar-refractivity contribution in [2.24, 2.45) is 0 Å². The van der Waals surface area contributed by atoms with E-state index in [1.807, 2.05) is 48.5 Å². The van der Waals surface area contributed by atoms with Crippen LogP contribution in [-0.4, -0.2) is 77.1 Å². The Morgan fingerprint density at radius 1 is 0.897 bits per heavy atom. The van der Waals surface area contributed by atoms with E-state index in [0.29, 0.717) is 37.7 Å². The fourth-order valence-electron chi connectivity index (χ4n) is 4.54. The molecule has 0 aliphatic carbocycles. The van der Waals surface area contributed by atoms with Crippen molar-refractivity contribution in [1.29, 1.82) is 0 Å². The number of ether oxygens (including phenoxy) is 2. The van der Waals surface area contributed by atoms with Gasteiger partial charge >= 0.3 is 0 Å². The number of carbonyl (C=O) groups excluding carboxylic acids is 1. The first kappa shape index (κ1) is 28.4. The summed E-state index contributed by atoms with van der Waals surface area (Å²) < 4.78 is 39.9. The molecule has 1 amide bonds. The lowest BCUT2D eigenvalue weighted by Gasteiger charge is -2.36. The van der Waals surface area contributed by atoms with Crippen LogP contribution < -0.4 is 14.2 Å². The van der Waals surface area contributed by atoms with E-state index >= 15 is 0 Å². The summed E-state index contributed by atoms with van der Waals surface area (Å²) in [7, 11) is -1.09. The van der Waals surface area contributed by atoms with E-state index in [1.165, 1.54) is 32.4 Å². The molecular formula is C30H35N3O5S. The van der Waals surface area contributed by atoms with Crippen molar-refractivity contribution in [2.75, 3.05) is 46.9 Å². The molecule has 206 valence electrons. The van der Waals surface area contributed by atoms with Crippen molar-refractivity contribution in [2.45, 2.75) is 17.4 Å². The van der Waals surface area contributed by atoms with E-state index in [9.17, 15) is 13.2 Å².